The van der Waals surface area contributed by atoms with Crippen molar-refractivity contribution in [3.8, 4) is 28.7 Å². The van der Waals surface area contributed by atoms with Gasteiger partial charge in [0.1, 0.15) is 34.3 Å². The molecule has 0 saturated carbocycles. The third kappa shape index (κ3) is 3.15. The Labute approximate surface area is 165 Å². The lowest BCUT2D eigenvalue weighted by molar-refractivity contribution is 0.156. The minimum Gasteiger partial charge on any atom is -0.497 e. The summed E-state index contributed by atoms with van der Waals surface area (Å²) >= 11 is 0. The fourth-order valence-corrected chi connectivity index (χ4v) is 3.92. The Morgan fingerprint density at radius 2 is 1.82 bits per heavy atom. The maximum absolute atomic E-state index is 6.15. The van der Waals surface area contributed by atoms with Crippen LogP contribution < -0.4 is 23.7 Å². The predicted molar refractivity (Wildman–Crippen MR) is 108 cm³/mol. The molecule has 28 heavy (non-hydrogen) atoms. The first-order chi connectivity index (χ1) is 13.5. The van der Waals surface area contributed by atoms with Gasteiger partial charge in [0.15, 0.2) is 0 Å². The molecule has 2 aliphatic rings. The van der Waals surface area contributed by atoms with Crippen molar-refractivity contribution in [2.24, 2.45) is 0 Å². The molecule has 0 bridgehead atoms. The van der Waals surface area contributed by atoms with Crippen LogP contribution in [0.2, 0.25) is 0 Å². The molecular formula is C23H26O5. The van der Waals surface area contributed by atoms with Crippen molar-refractivity contribution >= 4 is 6.08 Å². The van der Waals surface area contributed by atoms with Crippen LogP contribution in [0.25, 0.3) is 6.08 Å². The van der Waals surface area contributed by atoms with E-state index in [9.17, 15) is 0 Å². The minimum atomic E-state index is -0.347. The van der Waals surface area contributed by atoms with Crippen molar-refractivity contribution in [1.82, 2.24) is 0 Å². The van der Waals surface area contributed by atoms with Gasteiger partial charge in [-0.25, -0.2) is 0 Å². The fraction of sp³-hybridized carbons (Fsp3) is 0.391. The second-order valence-electron chi connectivity index (χ2n) is 7.66. The van der Waals surface area contributed by atoms with Gasteiger partial charge in [0, 0.05) is 29.2 Å². The van der Waals surface area contributed by atoms with Crippen LogP contribution in [0.15, 0.2) is 30.3 Å². The van der Waals surface area contributed by atoms with Crippen LogP contribution in [0.4, 0.5) is 0 Å². The van der Waals surface area contributed by atoms with Crippen LogP contribution in [0, 0.1) is 0 Å². The molecule has 5 heteroatoms. The van der Waals surface area contributed by atoms with Gasteiger partial charge >= 0.3 is 0 Å². The molecule has 5 nitrogen and oxygen atoms in total. The largest absolute Gasteiger partial charge is 0.497 e. The molecule has 2 heterocycles. The van der Waals surface area contributed by atoms with E-state index in [2.05, 4.69) is 12.2 Å². The van der Waals surface area contributed by atoms with Gasteiger partial charge in [-0.2, -0.15) is 0 Å². The van der Waals surface area contributed by atoms with Gasteiger partial charge in [0.05, 0.1) is 33.5 Å². The Hall–Kier alpha value is -2.82. The minimum absolute atomic E-state index is 0.158. The summed E-state index contributed by atoms with van der Waals surface area (Å²) in [6, 6.07) is 7.90. The van der Waals surface area contributed by atoms with Gasteiger partial charge in [0.2, 0.25) is 0 Å². The Bertz CT molecular complexity index is 929. The first kappa shape index (κ1) is 18.5. The second kappa shape index (κ2) is 6.97. The molecule has 0 aliphatic carbocycles. The van der Waals surface area contributed by atoms with Crippen molar-refractivity contribution in [2.45, 2.75) is 31.8 Å². The molecule has 148 valence electrons. The Balaban J connectivity index is 1.73. The third-order valence-corrected chi connectivity index (χ3v) is 5.34. The summed E-state index contributed by atoms with van der Waals surface area (Å²) in [4.78, 5) is 0. The van der Waals surface area contributed by atoms with Crippen LogP contribution in [0.5, 0.6) is 28.7 Å². The molecule has 4 rings (SSSR count). The van der Waals surface area contributed by atoms with Crippen molar-refractivity contribution in [1.29, 1.82) is 0 Å². The number of fused-ring (bicyclic) bond motifs is 2. The molecule has 0 spiro atoms. The maximum Gasteiger partial charge on any atom is 0.136 e. The number of hydrogen-bond acceptors (Lipinski definition) is 5. The first-order valence-electron chi connectivity index (χ1n) is 9.42. The van der Waals surface area contributed by atoms with Gasteiger partial charge in [-0.1, -0.05) is 6.07 Å². The van der Waals surface area contributed by atoms with Gasteiger partial charge in [-0.15, -0.1) is 0 Å². The number of hydrogen-bond donors (Lipinski definition) is 0. The smallest absolute Gasteiger partial charge is 0.136 e. The van der Waals surface area contributed by atoms with Crippen LogP contribution in [-0.4, -0.2) is 33.5 Å². The second-order valence-corrected chi connectivity index (χ2v) is 7.66. The normalized spacial score (nSPS) is 19.0. The van der Waals surface area contributed by atoms with Gasteiger partial charge in [0.25, 0.3) is 0 Å². The predicted octanol–water partition coefficient (Wildman–Crippen LogP) is 4.62. The fourth-order valence-electron chi connectivity index (χ4n) is 3.92. The Kier molecular flexibility index (Phi) is 4.61. The monoisotopic (exact) mass is 382 g/mol. The average molecular weight is 382 g/mol. The zero-order valence-electron chi connectivity index (χ0n) is 17.0. The summed E-state index contributed by atoms with van der Waals surface area (Å²) in [5.74, 6) is 4.17. The molecule has 0 amide bonds. The standard InChI is InChI=1S/C23H26O5/c1-23(2)9-8-17-21(28-23)12-20-18(22(17)26-5)10-14(13-27-20)16-7-6-15(24-3)11-19(16)25-4/h6-9,11-12,14H,10,13H2,1-5H3. The Morgan fingerprint density at radius 3 is 2.54 bits per heavy atom. The van der Waals surface area contributed by atoms with E-state index in [1.165, 1.54) is 0 Å². The molecule has 0 saturated heterocycles. The summed E-state index contributed by atoms with van der Waals surface area (Å²) in [6.07, 6.45) is 4.93. The summed E-state index contributed by atoms with van der Waals surface area (Å²) in [5.41, 5.74) is 2.77. The number of ether oxygens (including phenoxy) is 5. The van der Waals surface area contributed by atoms with Crippen LogP contribution in [-0.2, 0) is 6.42 Å². The molecule has 0 radical (unpaired) electrons. The highest BCUT2D eigenvalue weighted by molar-refractivity contribution is 5.72. The quantitative estimate of drug-likeness (QED) is 0.772. The van der Waals surface area contributed by atoms with E-state index in [1.54, 1.807) is 21.3 Å². The van der Waals surface area contributed by atoms with E-state index in [0.717, 1.165) is 51.9 Å². The van der Waals surface area contributed by atoms with Gasteiger partial charge in [-0.3, -0.25) is 0 Å². The molecule has 1 unspecified atom stereocenters. The molecular weight excluding hydrogens is 356 g/mol. The highest BCUT2D eigenvalue weighted by atomic mass is 16.5. The van der Waals surface area contributed by atoms with Crippen molar-refractivity contribution < 1.29 is 23.7 Å². The summed E-state index contributed by atoms with van der Waals surface area (Å²) in [7, 11) is 5.02. The average Bonchev–Trinajstić information content (AvgIpc) is 2.70. The van der Waals surface area contributed by atoms with Crippen LogP contribution >= 0.6 is 0 Å². The van der Waals surface area contributed by atoms with Crippen LogP contribution in [0.3, 0.4) is 0 Å². The SMILES string of the molecule is COc1ccc(C2COc3cc4c(c(OC)c3C2)C=CC(C)(C)O4)c(OC)c1. The van der Waals surface area contributed by atoms with Crippen LogP contribution in [0.1, 0.15) is 36.5 Å². The zero-order valence-corrected chi connectivity index (χ0v) is 17.0. The summed E-state index contributed by atoms with van der Waals surface area (Å²) in [5, 5.41) is 0. The van der Waals surface area contributed by atoms with Crippen molar-refractivity contribution in [2.75, 3.05) is 27.9 Å². The Morgan fingerprint density at radius 1 is 1.00 bits per heavy atom. The molecule has 2 aliphatic heterocycles. The lowest BCUT2D eigenvalue weighted by Gasteiger charge is -2.33. The first-order valence-corrected chi connectivity index (χ1v) is 9.42. The molecule has 2 aromatic rings. The van der Waals surface area contributed by atoms with E-state index in [-0.39, 0.29) is 11.5 Å². The molecule has 0 fully saturated rings. The van der Waals surface area contributed by atoms with E-state index in [0.29, 0.717) is 6.61 Å². The van der Waals surface area contributed by atoms with E-state index in [1.807, 2.05) is 38.1 Å². The van der Waals surface area contributed by atoms with Crippen molar-refractivity contribution in [3.63, 3.8) is 0 Å². The lowest BCUT2D eigenvalue weighted by Crippen LogP contribution is -2.28. The van der Waals surface area contributed by atoms with Gasteiger partial charge < -0.3 is 23.7 Å². The van der Waals surface area contributed by atoms with E-state index < -0.39 is 0 Å². The zero-order chi connectivity index (χ0) is 19.9. The molecule has 2 aromatic carbocycles. The van der Waals surface area contributed by atoms with E-state index in [4.69, 9.17) is 23.7 Å². The molecule has 1 atom stereocenters. The topological polar surface area (TPSA) is 46.2 Å². The van der Waals surface area contributed by atoms with Gasteiger partial charge in [-0.05, 0) is 38.5 Å². The van der Waals surface area contributed by atoms with E-state index >= 15 is 0 Å². The summed E-state index contributed by atoms with van der Waals surface area (Å²) < 4.78 is 29.0. The maximum atomic E-state index is 6.15. The molecule has 0 aromatic heterocycles. The van der Waals surface area contributed by atoms with Crippen molar-refractivity contribution in [3.05, 3.63) is 47.0 Å². The molecule has 0 N–H and O–H groups in total. The number of rotatable bonds is 4. The highest BCUT2D eigenvalue weighted by Gasteiger charge is 2.32. The summed E-state index contributed by atoms with van der Waals surface area (Å²) in [6.45, 7) is 4.63. The number of benzene rings is 2. The highest BCUT2D eigenvalue weighted by Crippen LogP contribution is 2.48. The number of methoxy groups -OCH3 is 3. The lowest BCUT2D eigenvalue weighted by atomic mass is 9.87. The third-order valence-electron chi connectivity index (χ3n) is 5.34.